The molecule has 0 bridgehead atoms. The van der Waals surface area contributed by atoms with Crippen LogP contribution in [0, 0.1) is 5.41 Å². The summed E-state index contributed by atoms with van der Waals surface area (Å²) < 4.78 is 5.45. The van der Waals surface area contributed by atoms with E-state index in [1.807, 2.05) is 24.3 Å². The van der Waals surface area contributed by atoms with Gasteiger partial charge in [-0.25, -0.2) is 4.79 Å². The maximum atomic E-state index is 12.1. The molecule has 126 valence electrons. The van der Waals surface area contributed by atoms with Crippen LogP contribution in [0.15, 0.2) is 42.0 Å². The summed E-state index contributed by atoms with van der Waals surface area (Å²) in [6.07, 6.45) is 5.78. The van der Waals surface area contributed by atoms with E-state index in [-0.39, 0.29) is 23.6 Å². The highest BCUT2D eigenvalue weighted by atomic mass is 16.5. The van der Waals surface area contributed by atoms with Crippen LogP contribution in [0.2, 0.25) is 0 Å². The molecule has 0 radical (unpaired) electrons. The molecular weight excluding hydrogens is 304 g/mol. The lowest BCUT2D eigenvalue weighted by Gasteiger charge is -2.30. The molecule has 2 aliphatic rings. The smallest absolute Gasteiger partial charge is 0.338 e. The first-order valence-electron chi connectivity index (χ1n) is 8.49. The van der Waals surface area contributed by atoms with Gasteiger partial charge in [-0.05, 0) is 38.3 Å². The Balaban J connectivity index is 1.53. The highest BCUT2D eigenvalue weighted by molar-refractivity contribution is 6.07. The molecule has 24 heavy (non-hydrogen) atoms. The lowest BCUT2D eigenvalue weighted by molar-refractivity contribution is -0.137. The van der Waals surface area contributed by atoms with Gasteiger partial charge in [0.1, 0.15) is 17.7 Å². The zero-order valence-corrected chi connectivity index (χ0v) is 13.9. The van der Waals surface area contributed by atoms with Crippen molar-refractivity contribution in [2.24, 2.45) is 5.41 Å². The fraction of sp³-hybridized carbons (Fsp3) is 0.450. The van der Waals surface area contributed by atoms with Crippen molar-refractivity contribution in [3.05, 3.63) is 47.5 Å². The number of esters is 1. The van der Waals surface area contributed by atoms with Crippen LogP contribution in [0.3, 0.4) is 0 Å². The maximum absolute atomic E-state index is 12.1. The fourth-order valence-corrected chi connectivity index (χ4v) is 3.55. The summed E-state index contributed by atoms with van der Waals surface area (Å²) in [5.74, 6) is -0.239. The van der Waals surface area contributed by atoms with Crippen molar-refractivity contribution in [1.29, 1.82) is 0 Å². The number of allylic oxidation sites excluding steroid dienone is 1. The van der Waals surface area contributed by atoms with Crippen molar-refractivity contribution >= 4 is 17.5 Å². The average Bonchev–Trinajstić information content (AvgIpc) is 2.92. The number of carbonyl (C=O) groups is 3. The van der Waals surface area contributed by atoms with Crippen molar-refractivity contribution in [3.8, 4) is 0 Å². The van der Waals surface area contributed by atoms with E-state index < -0.39 is 5.41 Å². The summed E-state index contributed by atoms with van der Waals surface area (Å²) in [6, 6.07) is 8.95. The molecule has 0 aliphatic heterocycles. The summed E-state index contributed by atoms with van der Waals surface area (Å²) in [6.45, 7) is 1.52. The van der Waals surface area contributed by atoms with E-state index in [0.29, 0.717) is 37.7 Å². The van der Waals surface area contributed by atoms with Gasteiger partial charge in [0.15, 0.2) is 0 Å². The highest BCUT2D eigenvalue weighted by Gasteiger charge is 2.45. The molecule has 4 heteroatoms. The number of ketones is 2. The van der Waals surface area contributed by atoms with Crippen LogP contribution in [-0.2, 0) is 14.3 Å². The van der Waals surface area contributed by atoms with E-state index in [2.05, 4.69) is 0 Å². The zero-order valence-electron chi connectivity index (χ0n) is 13.9. The van der Waals surface area contributed by atoms with E-state index in [4.69, 9.17) is 4.74 Å². The van der Waals surface area contributed by atoms with Gasteiger partial charge < -0.3 is 4.74 Å². The lowest BCUT2D eigenvalue weighted by atomic mass is 9.76. The number of carbonyl (C=O) groups excluding carboxylic acids is 3. The molecule has 1 unspecified atom stereocenters. The van der Waals surface area contributed by atoms with Crippen molar-refractivity contribution < 1.29 is 19.1 Å². The number of hydrogen-bond donors (Lipinski definition) is 0. The molecule has 2 saturated carbocycles. The Kier molecular flexibility index (Phi) is 4.65. The second kappa shape index (κ2) is 6.71. The Bertz CT molecular complexity index is 681. The Morgan fingerprint density at radius 2 is 1.96 bits per heavy atom. The predicted octanol–water partition coefficient (Wildman–Crippen LogP) is 3.65. The van der Waals surface area contributed by atoms with Crippen molar-refractivity contribution in [3.63, 3.8) is 0 Å². The van der Waals surface area contributed by atoms with Gasteiger partial charge in [-0.2, -0.15) is 0 Å². The molecule has 1 aromatic rings. The van der Waals surface area contributed by atoms with E-state index in [9.17, 15) is 14.4 Å². The third kappa shape index (κ3) is 3.18. The van der Waals surface area contributed by atoms with Crippen LogP contribution in [0.5, 0.6) is 0 Å². The molecule has 4 nitrogen and oxygen atoms in total. The van der Waals surface area contributed by atoms with Crippen LogP contribution >= 0.6 is 0 Å². The van der Waals surface area contributed by atoms with Gasteiger partial charge in [-0.15, -0.1) is 0 Å². The molecule has 0 spiro atoms. The van der Waals surface area contributed by atoms with Gasteiger partial charge >= 0.3 is 5.97 Å². The van der Waals surface area contributed by atoms with Crippen LogP contribution < -0.4 is 0 Å². The summed E-state index contributed by atoms with van der Waals surface area (Å²) in [5, 5.41) is 0. The fourth-order valence-electron chi connectivity index (χ4n) is 3.55. The molecule has 2 aliphatic carbocycles. The molecule has 0 aromatic heterocycles. The molecular formula is C20H22O4. The van der Waals surface area contributed by atoms with Gasteiger partial charge in [0.2, 0.25) is 0 Å². The van der Waals surface area contributed by atoms with Crippen LogP contribution in [0.1, 0.15) is 55.8 Å². The maximum Gasteiger partial charge on any atom is 0.338 e. The molecule has 0 heterocycles. The van der Waals surface area contributed by atoms with Crippen molar-refractivity contribution in [1.82, 2.24) is 0 Å². The zero-order chi connectivity index (χ0) is 17.2. The second-order valence-electron chi connectivity index (χ2n) is 6.78. The van der Waals surface area contributed by atoms with Gasteiger partial charge in [0.25, 0.3) is 0 Å². The third-order valence-electron chi connectivity index (χ3n) is 5.22. The number of benzene rings is 1. The molecule has 0 amide bonds. The normalized spacial score (nSPS) is 26.0. The molecule has 1 atom stereocenters. The second-order valence-corrected chi connectivity index (χ2v) is 6.78. The summed E-state index contributed by atoms with van der Waals surface area (Å²) in [5.41, 5.74) is 0.932. The minimum atomic E-state index is -0.793. The summed E-state index contributed by atoms with van der Waals surface area (Å²) in [4.78, 5) is 36.0. The minimum absolute atomic E-state index is 0.0202. The van der Waals surface area contributed by atoms with Crippen LogP contribution in [-0.4, -0.2) is 23.6 Å². The molecule has 2 fully saturated rings. The van der Waals surface area contributed by atoms with Crippen LogP contribution in [0.4, 0.5) is 0 Å². The number of hydrogen-bond acceptors (Lipinski definition) is 4. The topological polar surface area (TPSA) is 60.4 Å². The van der Waals surface area contributed by atoms with Gasteiger partial charge in [-0.1, -0.05) is 29.8 Å². The molecule has 3 rings (SSSR count). The SMILES string of the molecule is CC(=O)C1(CC=C2CC(OC(=O)c3ccccc3)C2)CCCC1=O. The first-order chi connectivity index (χ1) is 11.5. The van der Waals surface area contributed by atoms with Gasteiger partial charge in [-0.3, -0.25) is 9.59 Å². The van der Waals surface area contributed by atoms with Crippen LogP contribution in [0.25, 0.3) is 0 Å². The molecule has 0 saturated heterocycles. The highest BCUT2D eigenvalue weighted by Crippen LogP contribution is 2.41. The predicted molar refractivity (Wildman–Crippen MR) is 89.6 cm³/mol. The Morgan fingerprint density at radius 1 is 1.25 bits per heavy atom. The Labute approximate surface area is 141 Å². The first-order valence-corrected chi connectivity index (χ1v) is 8.49. The Morgan fingerprint density at radius 3 is 2.54 bits per heavy atom. The standard InChI is InChI=1S/C20H22O4/c1-14(21)20(10-5-8-18(20)22)11-9-15-12-17(13-15)24-19(23)16-6-3-2-4-7-16/h2-4,6-7,9,17H,5,8,10-13H2,1H3. The van der Waals surface area contributed by atoms with E-state index in [1.54, 1.807) is 12.1 Å². The average molecular weight is 326 g/mol. The molecule has 0 N–H and O–H groups in total. The summed E-state index contributed by atoms with van der Waals surface area (Å²) >= 11 is 0. The molecule has 1 aromatic carbocycles. The number of rotatable bonds is 5. The first kappa shape index (κ1) is 16.6. The largest absolute Gasteiger partial charge is 0.458 e. The van der Waals surface area contributed by atoms with Crippen molar-refractivity contribution in [2.45, 2.75) is 51.6 Å². The lowest BCUT2D eigenvalue weighted by Crippen LogP contribution is -2.33. The number of ether oxygens (including phenoxy) is 1. The monoisotopic (exact) mass is 326 g/mol. The van der Waals surface area contributed by atoms with Crippen molar-refractivity contribution in [2.75, 3.05) is 0 Å². The van der Waals surface area contributed by atoms with Gasteiger partial charge in [0, 0.05) is 19.3 Å². The third-order valence-corrected chi connectivity index (χ3v) is 5.22. The van der Waals surface area contributed by atoms with E-state index in [0.717, 1.165) is 6.42 Å². The van der Waals surface area contributed by atoms with E-state index >= 15 is 0 Å². The quantitative estimate of drug-likeness (QED) is 0.471. The van der Waals surface area contributed by atoms with E-state index in [1.165, 1.54) is 12.5 Å². The summed E-state index contributed by atoms with van der Waals surface area (Å²) in [7, 11) is 0. The van der Waals surface area contributed by atoms with Gasteiger partial charge in [0.05, 0.1) is 11.0 Å². The minimum Gasteiger partial charge on any atom is -0.458 e. The number of Topliss-reactive ketones (excluding diaryl/α,β-unsaturated/α-hetero) is 2. The Hall–Kier alpha value is -2.23.